The Morgan fingerprint density at radius 1 is 1.47 bits per heavy atom. The highest BCUT2D eigenvalue weighted by Gasteiger charge is 2.39. The molecule has 0 radical (unpaired) electrons. The lowest BCUT2D eigenvalue weighted by Crippen LogP contribution is -2.60. The van der Waals surface area contributed by atoms with Gasteiger partial charge in [-0.3, -0.25) is 9.69 Å². The van der Waals surface area contributed by atoms with Gasteiger partial charge in [-0.1, -0.05) is 6.07 Å². The van der Waals surface area contributed by atoms with Crippen molar-refractivity contribution in [1.29, 1.82) is 0 Å². The highest BCUT2D eigenvalue weighted by Crippen LogP contribution is 2.30. The fourth-order valence-corrected chi connectivity index (χ4v) is 3.95. The first-order chi connectivity index (χ1) is 9.22. The molecule has 1 aromatic heterocycles. The topological polar surface area (TPSA) is 41.6 Å². The second-order valence-electron chi connectivity index (χ2n) is 5.47. The fourth-order valence-electron chi connectivity index (χ4n) is 3.24. The molecule has 2 aliphatic rings. The third-order valence-electron chi connectivity index (χ3n) is 4.00. The minimum Gasteiger partial charge on any atom is -0.378 e. The van der Waals surface area contributed by atoms with Gasteiger partial charge in [-0.05, 0) is 24.3 Å². The Hall–Kier alpha value is -0.910. The van der Waals surface area contributed by atoms with Crippen LogP contribution in [-0.2, 0) is 16.1 Å². The SMILES string of the molecule is CC(=O)NC1CC2COCC(C1)N2Cc1cccs1. The number of carbonyl (C=O) groups excluding carboxylic acids is 1. The highest BCUT2D eigenvalue weighted by molar-refractivity contribution is 7.09. The van der Waals surface area contributed by atoms with Gasteiger partial charge in [0.1, 0.15) is 0 Å². The summed E-state index contributed by atoms with van der Waals surface area (Å²) in [4.78, 5) is 15.2. The van der Waals surface area contributed by atoms with E-state index in [1.54, 1.807) is 6.92 Å². The summed E-state index contributed by atoms with van der Waals surface area (Å²) in [5, 5.41) is 5.20. The molecule has 0 spiro atoms. The number of morpholine rings is 1. The maximum atomic E-state index is 11.2. The van der Waals surface area contributed by atoms with Crippen molar-refractivity contribution < 1.29 is 9.53 Å². The summed E-state index contributed by atoms with van der Waals surface area (Å²) in [6.45, 7) is 4.20. The number of rotatable bonds is 3. The largest absolute Gasteiger partial charge is 0.378 e. The van der Waals surface area contributed by atoms with Gasteiger partial charge in [0.05, 0.1) is 13.2 Å². The van der Waals surface area contributed by atoms with Crippen LogP contribution in [0.2, 0.25) is 0 Å². The average Bonchev–Trinajstić information content (AvgIpc) is 2.82. The summed E-state index contributed by atoms with van der Waals surface area (Å²) in [7, 11) is 0. The van der Waals surface area contributed by atoms with E-state index >= 15 is 0 Å². The van der Waals surface area contributed by atoms with E-state index in [1.165, 1.54) is 4.88 Å². The lowest BCUT2D eigenvalue weighted by molar-refractivity contribution is -0.122. The molecule has 0 aromatic carbocycles. The van der Waals surface area contributed by atoms with E-state index in [0.717, 1.165) is 32.6 Å². The number of fused-ring (bicyclic) bond motifs is 2. The summed E-state index contributed by atoms with van der Waals surface area (Å²) in [6.07, 6.45) is 2.00. The van der Waals surface area contributed by atoms with Crippen molar-refractivity contribution in [2.24, 2.45) is 0 Å². The molecule has 1 amide bonds. The molecule has 2 saturated heterocycles. The Morgan fingerprint density at radius 2 is 2.21 bits per heavy atom. The summed E-state index contributed by atoms with van der Waals surface area (Å²) >= 11 is 1.81. The molecule has 2 unspecified atom stereocenters. The number of hydrogen-bond donors (Lipinski definition) is 1. The standard InChI is InChI=1S/C14H20N2O2S/c1-10(17)15-11-5-12-8-18-9-13(6-11)16(12)7-14-3-2-4-19-14/h2-4,11-13H,5-9H2,1H3,(H,15,17). The van der Waals surface area contributed by atoms with Gasteiger partial charge in [0.25, 0.3) is 0 Å². The lowest BCUT2D eigenvalue weighted by atomic mass is 9.90. The molecule has 0 saturated carbocycles. The van der Waals surface area contributed by atoms with E-state index in [9.17, 15) is 4.79 Å². The molecule has 19 heavy (non-hydrogen) atoms. The van der Waals surface area contributed by atoms with Crippen LogP contribution >= 0.6 is 11.3 Å². The van der Waals surface area contributed by atoms with Crippen molar-refractivity contribution >= 4 is 17.2 Å². The summed E-state index contributed by atoms with van der Waals surface area (Å²) in [5.74, 6) is 0.0794. The van der Waals surface area contributed by atoms with E-state index in [2.05, 4.69) is 27.7 Å². The van der Waals surface area contributed by atoms with E-state index in [1.807, 2.05) is 11.3 Å². The van der Waals surface area contributed by atoms with Crippen LogP contribution in [0.3, 0.4) is 0 Å². The molecule has 2 fully saturated rings. The van der Waals surface area contributed by atoms with Crippen LogP contribution in [0.1, 0.15) is 24.6 Å². The zero-order valence-corrected chi connectivity index (χ0v) is 12.0. The first-order valence-corrected chi connectivity index (χ1v) is 7.73. The van der Waals surface area contributed by atoms with Gasteiger partial charge in [0.2, 0.25) is 5.91 Å². The first-order valence-electron chi connectivity index (χ1n) is 6.85. The Labute approximate surface area is 117 Å². The first kappa shape index (κ1) is 13.1. The van der Waals surface area contributed by atoms with Crippen molar-refractivity contribution in [2.75, 3.05) is 13.2 Å². The van der Waals surface area contributed by atoms with Gasteiger partial charge >= 0.3 is 0 Å². The van der Waals surface area contributed by atoms with Gasteiger partial charge in [0, 0.05) is 36.5 Å². The fraction of sp³-hybridized carbons (Fsp3) is 0.643. The highest BCUT2D eigenvalue weighted by atomic mass is 32.1. The summed E-state index contributed by atoms with van der Waals surface area (Å²) < 4.78 is 5.69. The quantitative estimate of drug-likeness (QED) is 0.915. The lowest BCUT2D eigenvalue weighted by Gasteiger charge is -2.48. The van der Waals surface area contributed by atoms with E-state index in [0.29, 0.717) is 18.1 Å². The number of ether oxygens (including phenoxy) is 1. The Kier molecular flexibility index (Phi) is 3.86. The third-order valence-corrected chi connectivity index (χ3v) is 4.86. The average molecular weight is 280 g/mol. The third kappa shape index (κ3) is 2.99. The Bertz CT molecular complexity index is 421. The normalized spacial score (nSPS) is 31.1. The van der Waals surface area contributed by atoms with Gasteiger partial charge in [-0.15, -0.1) is 11.3 Å². The number of nitrogens with one attached hydrogen (secondary N) is 1. The van der Waals surface area contributed by atoms with Crippen LogP contribution < -0.4 is 5.32 Å². The maximum absolute atomic E-state index is 11.2. The van der Waals surface area contributed by atoms with Crippen molar-refractivity contribution in [3.8, 4) is 0 Å². The molecule has 4 nitrogen and oxygen atoms in total. The second-order valence-corrected chi connectivity index (χ2v) is 6.50. The summed E-state index contributed by atoms with van der Waals surface area (Å²) in [6, 6.07) is 5.49. The van der Waals surface area contributed by atoms with E-state index in [-0.39, 0.29) is 5.91 Å². The van der Waals surface area contributed by atoms with Crippen molar-refractivity contribution in [3.05, 3.63) is 22.4 Å². The Balaban J connectivity index is 1.68. The molecule has 5 heteroatoms. The van der Waals surface area contributed by atoms with Crippen LogP contribution in [0.5, 0.6) is 0 Å². The predicted octanol–water partition coefficient (Wildman–Crippen LogP) is 1.62. The zero-order chi connectivity index (χ0) is 13.2. The van der Waals surface area contributed by atoms with Gasteiger partial charge in [0.15, 0.2) is 0 Å². The zero-order valence-electron chi connectivity index (χ0n) is 11.2. The van der Waals surface area contributed by atoms with Crippen LogP contribution in [0.25, 0.3) is 0 Å². The Morgan fingerprint density at radius 3 is 2.79 bits per heavy atom. The molecular formula is C14H20N2O2S. The van der Waals surface area contributed by atoms with Crippen LogP contribution in [-0.4, -0.2) is 42.1 Å². The van der Waals surface area contributed by atoms with Gasteiger partial charge < -0.3 is 10.1 Å². The number of hydrogen-bond acceptors (Lipinski definition) is 4. The molecule has 2 bridgehead atoms. The van der Waals surface area contributed by atoms with Crippen LogP contribution in [0, 0.1) is 0 Å². The molecule has 1 N–H and O–H groups in total. The molecule has 3 rings (SSSR count). The molecule has 3 heterocycles. The molecule has 2 aliphatic heterocycles. The minimum atomic E-state index is 0.0794. The van der Waals surface area contributed by atoms with Crippen molar-refractivity contribution in [1.82, 2.24) is 10.2 Å². The minimum absolute atomic E-state index is 0.0794. The van der Waals surface area contributed by atoms with E-state index < -0.39 is 0 Å². The smallest absolute Gasteiger partial charge is 0.217 e. The van der Waals surface area contributed by atoms with E-state index in [4.69, 9.17) is 4.74 Å². The molecular weight excluding hydrogens is 260 g/mol. The van der Waals surface area contributed by atoms with Gasteiger partial charge in [-0.25, -0.2) is 0 Å². The monoisotopic (exact) mass is 280 g/mol. The van der Waals surface area contributed by atoms with Gasteiger partial charge in [-0.2, -0.15) is 0 Å². The maximum Gasteiger partial charge on any atom is 0.217 e. The second kappa shape index (κ2) is 5.61. The summed E-state index contributed by atoms with van der Waals surface area (Å²) in [5.41, 5.74) is 0. The predicted molar refractivity (Wildman–Crippen MR) is 75.1 cm³/mol. The van der Waals surface area contributed by atoms with Crippen LogP contribution in [0.15, 0.2) is 17.5 Å². The number of carbonyl (C=O) groups is 1. The number of nitrogens with zero attached hydrogens (tertiary/aromatic N) is 1. The molecule has 104 valence electrons. The van der Waals surface area contributed by atoms with Crippen molar-refractivity contribution in [2.45, 2.75) is 44.4 Å². The number of piperidine rings is 1. The number of amides is 1. The molecule has 2 atom stereocenters. The number of thiophene rings is 1. The van der Waals surface area contributed by atoms with Crippen LogP contribution in [0.4, 0.5) is 0 Å². The molecule has 0 aliphatic carbocycles. The van der Waals surface area contributed by atoms with Crippen molar-refractivity contribution in [3.63, 3.8) is 0 Å². The molecule has 1 aromatic rings.